The van der Waals surface area contributed by atoms with Crippen molar-refractivity contribution in [3.8, 4) is 0 Å². The van der Waals surface area contributed by atoms with Crippen LogP contribution in [-0.4, -0.2) is 39.3 Å². The summed E-state index contributed by atoms with van der Waals surface area (Å²) in [5, 5.41) is 0.629. The Morgan fingerprint density at radius 3 is 2.00 bits per heavy atom. The van der Waals surface area contributed by atoms with Crippen LogP contribution < -0.4 is 0 Å². The van der Waals surface area contributed by atoms with Gasteiger partial charge in [0.25, 0.3) is 0 Å². The second-order valence-corrected chi connectivity index (χ2v) is 9.68. The first-order valence-corrected chi connectivity index (χ1v) is 10.5. The number of unbranched alkanes of at least 4 members (excludes halogenated alkanes) is 4. The fraction of sp³-hybridized carbons (Fsp3) is 0.923. The predicted molar refractivity (Wildman–Crippen MR) is 96.5 cm³/mol. The molecule has 0 saturated heterocycles. The average molecular weight is 434 g/mol. The Kier molecular flexibility index (Phi) is 12.7. The van der Waals surface area contributed by atoms with Gasteiger partial charge in [-0.05, 0) is 54.1 Å². The number of ether oxygens (including phenoxy) is 1. The van der Waals surface area contributed by atoms with E-state index in [2.05, 4.69) is 22.6 Å². The summed E-state index contributed by atoms with van der Waals surface area (Å²) in [6, 6.07) is 0.888. The van der Waals surface area contributed by atoms with E-state index >= 15 is 0 Å². The van der Waals surface area contributed by atoms with E-state index in [4.69, 9.17) is 30.2 Å². The number of hydrogen-bond acceptors (Lipinski definition) is 5. The molecule has 0 radical (unpaired) electrons. The lowest BCUT2D eigenvalue weighted by Crippen LogP contribution is -2.42. The summed E-state index contributed by atoms with van der Waals surface area (Å²) in [4.78, 5) is 0. The molecule has 120 valence electrons. The Balaban J connectivity index is 3.55. The molecule has 0 aliphatic heterocycles. The number of rotatable bonds is 12. The van der Waals surface area contributed by atoms with Crippen LogP contribution in [0.25, 0.3) is 0 Å². The topological polar surface area (TPSA) is 36.9 Å². The van der Waals surface area contributed by atoms with Crippen molar-refractivity contribution in [2.24, 2.45) is 0 Å². The minimum absolute atomic E-state index is 0.209. The molecule has 0 aromatic heterocycles. The molecule has 0 saturated carbocycles. The van der Waals surface area contributed by atoms with Gasteiger partial charge in [0.05, 0.1) is 0 Å². The molecule has 0 aliphatic carbocycles. The van der Waals surface area contributed by atoms with Crippen molar-refractivity contribution in [1.29, 1.82) is 0 Å². The first-order chi connectivity index (χ1) is 9.49. The van der Waals surface area contributed by atoms with E-state index in [1.807, 2.05) is 6.92 Å². The van der Waals surface area contributed by atoms with Gasteiger partial charge in [0.15, 0.2) is 5.05 Å². The largest absolute Gasteiger partial charge is 0.500 e. The predicted octanol–water partition coefficient (Wildman–Crippen LogP) is 4.33. The molecule has 0 aromatic rings. The molecule has 0 amide bonds. The summed E-state index contributed by atoms with van der Waals surface area (Å²) in [6.07, 6.45) is 6.95. The SMILES string of the molecule is CO[Si](CCCCCCCC(I)OC(C)=S)(OC)OC. The lowest BCUT2D eigenvalue weighted by atomic mass is 10.1. The van der Waals surface area contributed by atoms with E-state index in [-0.39, 0.29) is 4.11 Å². The molecule has 20 heavy (non-hydrogen) atoms. The summed E-state index contributed by atoms with van der Waals surface area (Å²) >= 11 is 7.22. The molecule has 0 spiro atoms. The van der Waals surface area contributed by atoms with Gasteiger partial charge in [-0.1, -0.05) is 19.3 Å². The number of hydrogen-bond donors (Lipinski definition) is 0. The third-order valence-electron chi connectivity index (χ3n) is 3.14. The Morgan fingerprint density at radius 1 is 1.00 bits per heavy atom. The van der Waals surface area contributed by atoms with Gasteiger partial charge < -0.3 is 18.0 Å². The normalized spacial score (nSPS) is 13.2. The van der Waals surface area contributed by atoms with Gasteiger partial charge in [-0.3, -0.25) is 0 Å². The van der Waals surface area contributed by atoms with Crippen molar-refractivity contribution >= 4 is 48.7 Å². The van der Waals surface area contributed by atoms with Crippen LogP contribution in [-0.2, 0) is 18.0 Å². The first-order valence-electron chi connectivity index (χ1n) is 6.96. The van der Waals surface area contributed by atoms with Crippen molar-refractivity contribution in [2.45, 2.75) is 55.6 Å². The molecule has 0 rings (SSSR count). The van der Waals surface area contributed by atoms with E-state index < -0.39 is 8.80 Å². The van der Waals surface area contributed by atoms with Gasteiger partial charge in [-0.2, -0.15) is 0 Å². The lowest BCUT2D eigenvalue weighted by Gasteiger charge is -2.24. The fourth-order valence-electron chi connectivity index (χ4n) is 1.97. The highest BCUT2D eigenvalue weighted by Gasteiger charge is 2.36. The van der Waals surface area contributed by atoms with Gasteiger partial charge in [0.1, 0.15) is 4.11 Å². The van der Waals surface area contributed by atoms with E-state index in [9.17, 15) is 0 Å². The van der Waals surface area contributed by atoms with E-state index in [0.717, 1.165) is 18.9 Å². The second kappa shape index (κ2) is 12.3. The minimum atomic E-state index is -2.36. The molecular weight excluding hydrogens is 407 g/mol. The maximum Gasteiger partial charge on any atom is 0.500 e. The summed E-state index contributed by atoms with van der Waals surface area (Å²) in [6.45, 7) is 1.82. The monoisotopic (exact) mass is 434 g/mol. The molecule has 4 nitrogen and oxygen atoms in total. The second-order valence-electron chi connectivity index (χ2n) is 4.62. The lowest BCUT2D eigenvalue weighted by molar-refractivity contribution is 0.122. The van der Waals surface area contributed by atoms with Crippen LogP contribution in [0.3, 0.4) is 0 Å². The van der Waals surface area contributed by atoms with E-state index in [1.54, 1.807) is 21.3 Å². The van der Waals surface area contributed by atoms with E-state index in [1.165, 1.54) is 25.7 Å². The quantitative estimate of drug-likeness (QED) is 0.150. The zero-order valence-electron chi connectivity index (χ0n) is 12.9. The minimum Gasteiger partial charge on any atom is -0.474 e. The molecule has 0 N–H and O–H groups in total. The summed E-state index contributed by atoms with van der Waals surface area (Å²) in [5.41, 5.74) is 0. The Bertz CT molecular complexity index is 256. The fourth-order valence-corrected chi connectivity index (χ4v) is 4.88. The van der Waals surface area contributed by atoms with Gasteiger partial charge in [-0.15, -0.1) is 0 Å². The molecule has 1 atom stereocenters. The number of halogens is 1. The molecule has 0 aliphatic rings. The van der Waals surface area contributed by atoms with Crippen molar-refractivity contribution < 1.29 is 18.0 Å². The summed E-state index contributed by atoms with van der Waals surface area (Å²) in [5.74, 6) is 0. The van der Waals surface area contributed by atoms with Gasteiger partial charge in [-0.25, -0.2) is 0 Å². The molecule has 0 fully saturated rings. The first kappa shape index (κ1) is 20.7. The molecule has 0 heterocycles. The Morgan fingerprint density at radius 2 is 1.50 bits per heavy atom. The Hall–Kier alpha value is 0.717. The molecule has 1 unspecified atom stereocenters. The maximum atomic E-state index is 5.44. The van der Waals surface area contributed by atoms with Crippen LogP contribution in [0.15, 0.2) is 0 Å². The van der Waals surface area contributed by atoms with Gasteiger partial charge in [0, 0.05) is 34.3 Å². The third kappa shape index (κ3) is 9.62. The molecule has 0 aromatic carbocycles. The Labute approximate surface area is 143 Å². The highest BCUT2D eigenvalue weighted by Crippen LogP contribution is 2.19. The van der Waals surface area contributed by atoms with Crippen molar-refractivity contribution in [3.05, 3.63) is 0 Å². The van der Waals surface area contributed by atoms with Gasteiger partial charge in [0.2, 0.25) is 0 Å². The number of alkyl halides is 1. The van der Waals surface area contributed by atoms with Crippen LogP contribution in [0.4, 0.5) is 0 Å². The van der Waals surface area contributed by atoms with Crippen molar-refractivity contribution in [2.75, 3.05) is 21.3 Å². The maximum absolute atomic E-state index is 5.44. The van der Waals surface area contributed by atoms with Crippen LogP contribution in [0.2, 0.25) is 6.04 Å². The zero-order valence-corrected chi connectivity index (χ0v) is 16.9. The highest BCUT2D eigenvalue weighted by molar-refractivity contribution is 14.1. The average Bonchev–Trinajstić information content (AvgIpc) is 2.42. The third-order valence-corrected chi connectivity index (χ3v) is 6.95. The van der Waals surface area contributed by atoms with Crippen LogP contribution in [0.5, 0.6) is 0 Å². The van der Waals surface area contributed by atoms with Crippen LogP contribution >= 0.6 is 34.8 Å². The zero-order chi connectivity index (χ0) is 15.4. The summed E-state index contributed by atoms with van der Waals surface area (Å²) < 4.78 is 21.8. The number of thiocarbonyl (C=S) groups is 1. The summed E-state index contributed by atoms with van der Waals surface area (Å²) in [7, 11) is 2.64. The van der Waals surface area contributed by atoms with Crippen molar-refractivity contribution in [3.63, 3.8) is 0 Å². The molecule has 7 heteroatoms. The van der Waals surface area contributed by atoms with Crippen molar-refractivity contribution in [1.82, 2.24) is 0 Å². The van der Waals surface area contributed by atoms with Crippen LogP contribution in [0.1, 0.15) is 45.4 Å². The molecular formula is C13H27IO4SSi. The van der Waals surface area contributed by atoms with E-state index in [0.29, 0.717) is 5.05 Å². The van der Waals surface area contributed by atoms with Gasteiger partial charge >= 0.3 is 8.80 Å². The smallest absolute Gasteiger partial charge is 0.474 e. The highest BCUT2D eigenvalue weighted by atomic mass is 127. The molecule has 0 bridgehead atoms. The standard InChI is InChI=1S/C13H27IO4SSi/c1-12(19)18-13(14)10-8-6-5-7-9-11-20(15-2,16-3)17-4/h13H,5-11H2,1-4H3. The van der Waals surface area contributed by atoms with Crippen LogP contribution in [0, 0.1) is 0 Å².